The summed E-state index contributed by atoms with van der Waals surface area (Å²) in [4.78, 5) is 26.3. The van der Waals surface area contributed by atoms with Gasteiger partial charge in [-0.3, -0.25) is 9.59 Å². The van der Waals surface area contributed by atoms with E-state index in [1.807, 2.05) is 0 Å². The smallest absolute Gasteiger partial charge is 0.229 e. The highest BCUT2D eigenvalue weighted by Gasteiger charge is 2.36. The van der Waals surface area contributed by atoms with Crippen molar-refractivity contribution in [3.63, 3.8) is 0 Å². The van der Waals surface area contributed by atoms with Crippen LogP contribution in [-0.2, 0) is 9.59 Å². The number of hydrogen-bond acceptors (Lipinski definition) is 4. The van der Waals surface area contributed by atoms with Gasteiger partial charge in [0.15, 0.2) is 11.5 Å². The Labute approximate surface area is 153 Å². The van der Waals surface area contributed by atoms with Crippen LogP contribution in [0.15, 0.2) is 36.4 Å². The van der Waals surface area contributed by atoms with E-state index in [0.29, 0.717) is 36.5 Å². The normalized spacial score (nSPS) is 18.5. The highest BCUT2D eigenvalue weighted by molar-refractivity contribution is 6.03. The molecule has 0 bridgehead atoms. The Bertz CT molecular complexity index is 919. The molecule has 1 N–H and O–H groups in total. The lowest BCUT2D eigenvalue weighted by Gasteiger charge is -2.22. The molecular weight excluding hydrogens is 358 g/mol. The van der Waals surface area contributed by atoms with Crippen LogP contribution >= 0.6 is 0 Å². The van der Waals surface area contributed by atoms with E-state index in [-0.39, 0.29) is 24.6 Å². The molecule has 2 amide bonds. The number of anilines is 2. The molecule has 2 aliphatic heterocycles. The van der Waals surface area contributed by atoms with Gasteiger partial charge in [-0.15, -0.1) is 0 Å². The maximum Gasteiger partial charge on any atom is 0.229 e. The Morgan fingerprint density at radius 3 is 2.63 bits per heavy atom. The van der Waals surface area contributed by atoms with E-state index in [1.54, 1.807) is 18.2 Å². The predicted molar refractivity (Wildman–Crippen MR) is 92.9 cm³/mol. The summed E-state index contributed by atoms with van der Waals surface area (Å²) < 4.78 is 37.7. The summed E-state index contributed by atoms with van der Waals surface area (Å²) in [6, 6.07) is 8.05. The number of rotatable bonds is 3. The molecule has 2 aromatic rings. The molecular formula is C19H16F2N2O4. The van der Waals surface area contributed by atoms with Crippen molar-refractivity contribution in [1.82, 2.24) is 0 Å². The second-order valence-electron chi connectivity index (χ2n) is 6.35. The summed E-state index contributed by atoms with van der Waals surface area (Å²) in [6.45, 7) is 1.06. The number of nitrogens with one attached hydrogen (secondary N) is 1. The van der Waals surface area contributed by atoms with Crippen molar-refractivity contribution >= 4 is 23.2 Å². The van der Waals surface area contributed by atoms with E-state index in [4.69, 9.17) is 9.47 Å². The van der Waals surface area contributed by atoms with E-state index in [0.717, 1.165) is 12.1 Å². The summed E-state index contributed by atoms with van der Waals surface area (Å²) in [5.41, 5.74) is 0.485. The number of fused-ring (bicyclic) bond motifs is 1. The van der Waals surface area contributed by atoms with E-state index in [9.17, 15) is 18.4 Å². The van der Waals surface area contributed by atoms with Crippen molar-refractivity contribution in [2.45, 2.75) is 6.42 Å². The Balaban J connectivity index is 1.48. The van der Waals surface area contributed by atoms with Crippen LogP contribution in [0.2, 0.25) is 0 Å². The summed E-state index contributed by atoms with van der Waals surface area (Å²) in [6.07, 6.45) is 0.00306. The first-order chi connectivity index (χ1) is 13.0. The molecule has 8 heteroatoms. The molecule has 1 atom stereocenters. The highest BCUT2D eigenvalue weighted by atomic mass is 19.1. The molecule has 0 radical (unpaired) electrons. The van der Waals surface area contributed by atoms with Gasteiger partial charge in [-0.1, -0.05) is 0 Å². The van der Waals surface area contributed by atoms with Crippen LogP contribution in [-0.4, -0.2) is 31.6 Å². The monoisotopic (exact) mass is 374 g/mol. The molecule has 2 aromatic carbocycles. The van der Waals surface area contributed by atoms with E-state index < -0.39 is 23.5 Å². The van der Waals surface area contributed by atoms with Crippen LogP contribution in [0, 0.1) is 17.6 Å². The van der Waals surface area contributed by atoms with Gasteiger partial charge in [-0.25, -0.2) is 8.78 Å². The lowest BCUT2D eigenvalue weighted by molar-refractivity contribution is -0.122. The van der Waals surface area contributed by atoms with Gasteiger partial charge in [-0.2, -0.15) is 0 Å². The zero-order chi connectivity index (χ0) is 19.0. The van der Waals surface area contributed by atoms with Crippen molar-refractivity contribution < 1.29 is 27.8 Å². The number of nitrogens with zero attached hydrogens (tertiary/aromatic N) is 1. The number of benzene rings is 2. The second kappa shape index (κ2) is 6.86. The van der Waals surface area contributed by atoms with Crippen molar-refractivity contribution in [2.75, 3.05) is 30.0 Å². The topological polar surface area (TPSA) is 67.9 Å². The van der Waals surface area contributed by atoms with Crippen LogP contribution in [0.25, 0.3) is 0 Å². The number of hydrogen-bond donors (Lipinski definition) is 1. The molecule has 0 saturated carbocycles. The second-order valence-corrected chi connectivity index (χ2v) is 6.35. The van der Waals surface area contributed by atoms with Crippen LogP contribution in [0.4, 0.5) is 20.2 Å². The average Bonchev–Trinajstić information content (AvgIpc) is 3.05. The molecule has 6 nitrogen and oxygen atoms in total. The lowest BCUT2D eigenvalue weighted by atomic mass is 10.1. The van der Waals surface area contributed by atoms with Gasteiger partial charge in [0.05, 0.1) is 11.6 Å². The molecule has 0 aromatic heterocycles. The highest BCUT2D eigenvalue weighted by Crippen LogP contribution is 2.36. The Morgan fingerprint density at radius 2 is 1.85 bits per heavy atom. The van der Waals surface area contributed by atoms with Gasteiger partial charge >= 0.3 is 0 Å². The largest absolute Gasteiger partial charge is 0.486 e. The molecule has 0 spiro atoms. The third-order valence-electron chi connectivity index (χ3n) is 4.52. The van der Waals surface area contributed by atoms with Gasteiger partial charge < -0.3 is 19.7 Å². The Morgan fingerprint density at radius 1 is 1.07 bits per heavy atom. The first-order valence-electron chi connectivity index (χ1n) is 8.47. The van der Waals surface area contributed by atoms with Crippen LogP contribution < -0.4 is 19.7 Å². The SMILES string of the molecule is O=C(Nc1ccc(F)cc1F)[C@H]1CC(=O)N(c2ccc3c(c2)OCCO3)C1. The minimum absolute atomic E-state index is 0.00306. The fourth-order valence-electron chi connectivity index (χ4n) is 3.16. The van der Waals surface area contributed by atoms with Gasteiger partial charge in [0.2, 0.25) is 11.8 Å². The van der Waals surface area contributed by atoms with Crippen molar-refractivity contribution in [2.24, 2.45) is 5.92 Å². The zero-order valence-electron chi connectivity index (χ0n) is 14.2. The number of carbonyl (C=O) groups is 2. The van der Waals surface area contributed by atoms with E-state index in [1.165, 1.54) is 4.90 Å². The summed E-state index contributed by atoms with van der Waals surface area (Å²) in [7, 11) is 0. The van der Waals surface area contributed by atoms with Crippen LogP contribution in [0.3, 0.4) is 0 Å². The maximum atomic E-state index is 13.7. The zero-order valence-corrected chi connectivity index (χ0v) is 14.2. The number of ether oxygens (including phenoxy) is 2. The predicted octanol–water partition coefficient (Wildman–Crippen LogP) is 2.73. The van der Waals surface area contributed by atoms with Gasteiger partial charge in [0.25, 0.3) is 0 Å². The summed E-state index contributed by atoms with van der Waals surface area (Å²) in [5, 5.41) is 2.42. The molecule has 4 rings (SSSR count). The van der Waals surface area contributed by atoms with Crippen molar-refractivity contribution in [3.05, 3.63) is 48.0 Å². The number of carbonyl (C=O) groups excluding carboxylic acids is 2. The molecule has 2 aliphatic rings. The first-order valence-corrected chi connectivity index (χ1v) is 8.47. The van der Waals surface area contributed by atoms with Crippen molar-refractivity contribution in [3.8, 4) is 11.5 Å². The molecule has 27 heavy (non-hydrogen) atoms. The summed E-state index contributed by atoms with van der Waals surface area (Å²) >= 11 is 0. The third-order valence-corrected chi connectivity index (χ3v) is 4.52. The van der Waals surface area contributed by atoms with E-state index >= 15 is 0 Å². The van der Waals surface area contributed by atoms with Gasteiger partial charge in [0.1, 0.15) is 24.8 Å². The number of amides is 2. The van der Waals surface area contributed by atoms with Crippen molar-refractivity contribution in [1.29, 1.82) is 0 Å². The minimum atomic E-state index is -0.864. The van der Waals surface area contributed by atoms with Crippen LogP contribution in [0.5, 0.6) is 11.5 Å². The molecule has 0 aliphatic carbocycles. The van der Waals surface area contributed by atoms with E-state index in [2.05, 4.69) is 5.32 Å². The fourth-order valence-corrected chi connectivity index (χ4v) is 3.16. The average molecular weight is 374 g/mol. The quantitative estimate of drug-likeness (QED) is 0.897. The molecule has 2 heterocycles. The minimum Gasteiger partial charge on any atom is -0.486 e. The molecule has 0 unspecified atom stereocenters. The Kier molecular flexibility index (Phi) is 4.39. The first kappa shape index (κ1) is 17.3. The molecule has 1 fully saturated rings. The van der Waals surface area contributed by atoms with Gasteiger partial charge in [0, 0.05) is 30.8 Å². The standard InChI is InChI=1S/C19H16F2N2O4/c20-12-1-3-15(14(21)8-12)22-19(25)11-7-18(24)23(10-11)13-2-4-16-17(9-13)27-6-5-26-16/h1-4,8-9,11H,5-7,10H2,(H,22,25)/t11-/m0/s1. The third kappa shape index (κ3) is 3.42. The Hall–Kier alpha value is -3.16. The molecule has 1 saturated heterocycles. The van der Waals surface area contributed by atoms with Crippen LogP contribution in [0.1, 0.15) is 6.42 Å². The fraction of sp³-hybridized carbons (Fsp3) is 0.263. The maximum absolute atomic E-state index is 13.7. The number of halogens is 2. The summed E-state index contributed by atoms with van der Waals surface area (Å²) in [5.74, 6) is -1.79. The van der Waals surface area contributed by atoms with Gasteiger partial charge in [-0.05, 0) is 24.3 Å². The lowest BCUT2D eigenvalue weighted by Crippen LogP contribution is -2.28. The molecule has 140 valence electrons.